The zero-order valence-electron chi connectivity index (χ0n) is 38.4. The number of carboxylic acid groups (broad SMARTS) is 2. The number of hydrogen-bond acceptors (Lipinski definition) is 7. The molecule has 0 saturated heterocycles. The maximum absolute atomic E-state index is 11.6. The lowest BCUT2D eigenvalue weighted by Crippen LogP contribution is -2.29. The first kappa shape index (κ1) is 71.6. The SMILES string of the molecule is C.C.C.C.C.CC(C=O)Cc1ccccc1.CC(Cc1ccccc1)C(=O)N(C)C.CC(Cc1ccccc1)C(=O)O.CC(Cc1ccccc1)C(O)C#N.CC(Cc1ccccc1)C(O)C(=O)O. The molecule has 0 aliphatic carbocycles. The number of carboxylic acids is 2. The zero-order chi connectivity index (χ0) is 47.9. The molecule has 0 aromatic heterocycles. The summed E-state index contributed by atoms with van der Waals surface area (Å²) in [5.74, 6) is -2.08. The molecule has 0 aliphatic rings. The van der Waals surface area contributed by atoms with E-state index in [9.17, 15) is 29.4 Å². The maximum atomic E-state index is 11.6. The molecule has 5 aromatic rings. The lowest BCUT2D eigenvalue weighted by Gasteiger charge is -2.16. The van der Waals surface area contributed by atoms with Crippen molar-refractivity contribution in [1.29, 1.82) is 5.26 Å². The molecule has 0 spiro atoms. The summed E-state index contributed by atoms with van der Waals surface area (Å²) < 4.78 is 0. The Morgan fingerprint density at radius 1 is 0.493 bits per heavy atom. The molecule has 10 nitrogen and oxygen atoms in total. The van der Waals surface area contributed by atoms with Crippen LogP contribution in [0.5, 0.6) is 0 Å². The highest BCUT2D eigenvalue weighted by Gasteiger charge is 2.21. The lowest BCUT2D eigenvalue weighted by molar-refractivity contribution is -0.149. The predicted octanol–water partition coefficient (Wildman–Crippen LogP) is 12.2. The van der Waals surface area contributed by atoms with Crippen molar-refractivity contribution in [2.45, 2.75) is 116 Å². The van der Waals surface area contributed by atoms with Gasteiger partial charge in [0.2, 0.25) is 5.91 Å². The Morgan fingerprint density at radius 3 is 1.06 bits per heavy atom. The van der Waals surface area contributed by atoms with Gasteiger partial charge in [0.15, 0.2) is 6.10 Å². The fraction of sp³-hybridized carbons (Fsp3) is 0.407. The van der Waals surface area contributed by atoms with Gasteiger partial charge in [-0.2, -0.15) is 5.26 Å². The van der Waals surface area contributed by atoms with Gasteiger partial charge in [0.25, 0.3) is 0 Å². The van der Waals surface area contributed by atoms with E-state index in [1.807, 2.05) is 166 Å². The van der Waals surface area contributed by atoms with Crippen LogP contribution in [-0.4, -0.2) is 75.8 Å². The summed E-state index contributed by atoms with van der Waals surface area (Å²) in [6, 6.07) is 51.1. The summed E-state index contributed by atoms with van der Waals surface area (Å²) in [4.78, 5) is 44.5. The summed E-state index contributed by atoms with van der Waals surface area (Å²) in [6.45, 7) is 9.22. The van der Waals surface area contributed by atoms with Crippen LogP contribution in [0.25, 0.3) is 0 Å². The van der Waals surface area contributed by atoms with Gasteiger partial charge in [-0.3, -0.25) is 9.59 Å². The van der Waals surface area contributed by atoms with Crippen molar-refractivity contribution in [3.63, 3.8) is 0 Å². The minimum Gasteiger partial charge on any atom is -0.481 e. The topological polar surface area (TPSA) is 176 Å². The largest absolute Gasteiger partial charge is 0.481 e. The van der Waals surface area contributed by atoms with Gasteiger partial charge in [-0.25, -0.2) is 4.79 Å². The Balaban J connectivity index is -0.000000244. The molecule has 10 heteroatoms. The molecule has 0 saturated carbocycles. The monoisotopic (exact) mass is 953 g/mol. The van der Waals surface area contributed by atoms with Gasteiger partial charge in [-0.15, -0.1) is 0 Å². The second-order valence-electron chi connectivity index (χ2n) is 16.2. The van der Waals surface area contributed by atoms with Crippen molar-refractivity contribution < 1.29 is 39.6 Å². The smallest absolute Gasteiger partial charge is 0.332 e. The van der Waals surface area contributed by atoms with Crippen LogP contribution < -0.4 is 0 Å². The van der Waals surface area contributed by atoms with Crippen molar-refractivity contribution in [3.8, 4) is 6.07 Å². The first-order chi connectivity index (χ1) is 30.5. The predicted molar refractivity (Wildman–Crippen MR) is 288 cm³/mol. The summed E-state index contributed by atoms with van der Waals surface area (Å²) >= 11 is 0. The Morgan fingerprint density at radius 2 is 0.783 bits per heavy atom. The minimum absolute atomic E-state index is 0. The van der Waals surface area contributed by atoms with E-state index >= 15 is 0 Å². The third-order valence-electron chi connectivity index (χ3n) is 9.95. The number of aliphatic hydroxyl groups is 2. The van der Waals surface area contributed by atoms with Gasteiger partial charge in [-0.1, -0.05) is 223 Å². The van der Waals surface area contributed by atoms with E-state index in [1.165, 1.54) is 11.1 Å². The number of carbonyl (C=O) groups is 4. The van der Waals surface area contributed by atoms with Gasteiger partial charge >= 0.3 is 11.9 Å². The van der Waals surface area contributed by atoms with Crippen LogP contribution >= 0.6 is 0 Å². The van der Waals surface area contributed by atoms with E-state index in [0.717, 1.165) is 42.2 Å². The van der Waals surface area contributed by atoms with Gasteiger partial charge in [0.1, 0.15) is 12.4 Å². The number of nitriles is 1. The first-order valence-corrected chi connectivity index (χ1v) is 21.6. The van der Waals surface area contributed by atoms with E-state index < -0.39 is 24.1 Å². The van der Waals surface area contributed by atoms with Crippen LogP contribution in [0.4, 0.5) is 0 Å². The average molecular weight is 953 g/mol. The quantitative estimate of drug-likeness (QED) is 0.0554. The molecule has 0 heterocycles. The summed E-state index contributed by atoms with van der Waals surface area (Å²) in [6.07, 6.45) is 2.45. The standard InChI is InChI=1S/C12H17NO.C11H13NO.C11H14O3.C10H12O2.C10H12O.5CH4/c1-10(12(14)13(2)3)9-11-7-5-4-6-8-11;1-9(11(13)8-12)7-10-5-3-2-4-6-10;1-8(10(12)11(13)14)7-9-5-3-2-4-6-9;1-8(10(11)12)7-9-5-3-2-4-6-9;1-9(8-11)7-10-5-3-2-4-6-10;;;;;/h4-8,10H,9H2,1-3H3;2-6,9,11,13H,7H2,1H3;2-6,8,10,12H,7H2,1H3,(H,13,14);2-6,8H,7H2,1H3,(H,11,12);2-6,8-9H,7H2,1H3;5*1H4. The number of aliphatic carboxylic acids is 2. The Kier molecular flexibility index (Phi) is 43.3. The highest BCUT2D eigenvalue weighted by atomic mass is 16.4. The van der Waals surface area contributed by atoms with Crippen molar-refractivity contribution in [3.05, 3.63) is 179 Å². The summed E-state index contributed by atoms with van der Waals surface area (Å²) in [5, 5.41) is 44.2. The number of amides is 1. The molecule has 5 rings (SSSR count). The van der Waals surface area contributed by atoms with Crippen molar-refractivity contribution in [1.82, 2.24) is 4.90 Å². The lowest BCUT2D eigenvalue weighted by atomic mass is 9.96. The van der Waals surface area contributed by atoms with Crippen molar-refractivity contribution >= 4 is 24.1 Å². The zero-order valence-corrected chi connectivity index (χ0v) is 38.4. The van der Waals surface area contributed by atoms with Crippen LogP contribution in [-0.2, 0) is 51.3 Å². The molecule has 4 N–H and O–H groups in total. The maximum Gasteiger partial charge on any atom is 0.332 e. The number of aliphatic hydroxyl groups excluding tert-OH is 2. The molecule has 382 valence electrons. The molecule has 0 fully saturated rings. The normalized spacial score (nSPS) is 12.3. The van der Waals surface area contributed by atoms with E-state index in [-0.39, 0.29) is 72.6 Å². The molecule has 69 heavy (non-hydrogen) atoms. The number of carbonyl (C=O) groups excluding carboxylic acids is 2. The molecule has 1 amide bonds. The van der Waals surface area contributed by atoms with Gasteiger partial charge in [-0.05, 0) is 71.8 Å². The second kappa shape index (κ2) is 41.8. The molecule has 7 unspecified atom stereocenters. The van der Waals surface area contributed by atoms with Crippen LogP contribution in [0.3, 0.4) is 0 Å². The van der Waals surface area contributed by atoms with Crippen molar-refractivity contribution in [2.75, 3.05) is 14.1 Å². The van der Waals surface area contributed by atoms with E-state index in [2.05, 4.69) is 12.1 Å². The fourth-order valence-corrected chi connectivity index (χ4v) is 6.15. The molecule has 7 atom stereocenters. The minimum atomic E-state index is -1.28. The van der Waals surface area contributed by atoms with E-state index in [4.69, 9.17) is 15.5 Å². The van der Waals surface area contributed by atoms with Gasteiger partial charge in [0, 0.05) is 25.9 Å². The third kappa shape index (κ3) is 32.9. The molecule has 0 aliphatic heterocycles. The van der Waals surface area contributed by atoms with Gasteiger partial charge in [0.05, 0.1) is 12.0 Å². The second-order valence-corrected chi connectivity index (χ2v) is 16.2. The summed E-state index contributed by atoms with van der Waals surface area (Å²) in [7, 11) is 3.59. The van der Waals surface area contributed by atoms with Crippen LogP contribution in [0, 0.1) is 40.9 Å². The number of nitrogens with zero attached hydrogens (tertiary/aromatic N) is 2. The first-order valence-electron chi connectivity index (χ1n) is 21.6. The highest BCUT2D eigenvalue weighted by molar-refractivity contribution is 5.78. The number of aldehydes is 1. The molecular weight excluding hydrogens is 865 g/mol. The van der Waals surface area contributed by atoms with Crippen LogP contribution in [0.15, 0.2) is 152 Å². The van der Waals surface area contributed by atoms with Gasteiger partial charge < -0.3 is 30.1 Å². The Labute approximate surface area is 417 Å². The number of rotatable bonds is 16. The fourth-order valence-electron chi connectivity index (χ4n) is 6.15. The molecule has 0 radical (unpaired) electrons. The van der Waals surface area contributed by atoms with E-state index in [0.29, 0.717) is 12.8 Å². The Hall–Kier alpha value is -6.41. The van der Waals surface area contributed by atoms with Crippen LogP contribution in [0.1, 0.15) is 99.6 Å². The third-order valence-corrected chi connectivity index (χ3v) is 9.95. The molecular formula is C59H88N2O8. The molecule has 0 bridgehead atoms. The highest BCUT2D eigenvalue weighted by Crippen LogP contribution is 2.14. The van der Waals surface area contributed by atoms with Crippen molar-refractivity contribution in [2.24, 2.45) is 29.6 Å². The Bertz CT molecular complexity index is 2040. The summed E-state index contributed by atoms with van der Waals surface area (Å²) in [5.41, 5.74) is 5.72. The molecule has 5 aromatic carbocycles. The number of hydrogen-bond donors (Lipinski definition) is 4. The number of benzene rings is 5. The van der Waals surface area contributed by atoms with E-state index in [1.54, 1.807) is 32.8 Å². The van der Waals surface area contributed by atoms with Crippen LogP contribution in [0.2, 0.25) is 0 Å². The average Bonchev–Trinajstić information content (AvgIpc) is 3.30.